The fourth-order valence-electron chi connectivity index (χ4n) is 3.18. The molecule has 3 aromatic rings. The van der Waals surface area contributed by atoms with Crippen LogP contribution >= 0.6 is 11.3 Å². The van der Waals surface area contributed by atoms with Crippen molar-refractivity contribution in [1.29, 1.82) is 0 Å². The molecule has 0 aliphatic carbocycles. The van der Waals surface area contributed by atoms with Crippen molar-refractivity contribution in [3.63, 3.8) is 0 Å². The van der Waals surface area contributed by atoms with Crippen LogP contribution in [0.5, 0.6) is 5.75 Å². The summed E-state index contributed by atoms with van der Waals surface area (Å²) >= 11 is 1.10. The number of aromatic carboxylic acids is 1. The second kappa shape index (κ2) is 6.98. The Kier molecular flexibility index (Phi) is 4.59. The second-order valence-electron chi connectivity index (χ2n) is 6.25. The number of hydrogen-bond donors (Lipinski definition) is 1. The number of sulfonamides is 1. The van der Waals surface area contributed by atoms with Gasteiger partial charge in [0, 0.05) is 10.4 Å². The number of carbonyl (C=O) groups is 1. The van der Waals surface area contributed by atoms with Crippen molar-refractivity contribution in [3.8, 4) is 16.2 Å². The third-order valence-electron chi connectivity index (χ3n) is 4.58. The van der Waals surface area contributed by atoms with Gasteiger partial charge in [-0.1, -0.05) is 0 Å². The summed E-state index contributed by atoms with van der Waals surface area (Å²) in [4.78, 5) is 22.9. The van der Waals surface area contributed by atoms with Crippen molar-refractivity contribution in [1.82, 2.24) is 0 Å². The first-order valence-electron chi connectivity index (χ1n) is 8.35. The second-order valence-corrected chi connectivity index (χ2v) is 9.16. The van der Waals surface area contributed by atoms with Crippen LogP contribution in [0.15, 0.2) is 58.6 Å². The molecule has 0 fully saturated rings. The summed E-state index contributed by atoms with van der Waals surface area (Å²) in [6, 6.07) is 11.8. The number of thiophene rings is 1. The van der Waals surface area contributed by atoms with E-state index in [-0.39, 0.29) is 22.0 Å². The highest BCUT2D eigenvalue weighted by Crippen LogP contribution is 2.47. The van der Waals surface area contributed by atoms with Gasteiger partial charge in [-0.25, -0.2) is 13.2 Å². The molecule has 0 unspecified atom stereocenters. The van der Waals surface area contributed by atoms with Crippen molar-refractivity contribution >= 4 is 38.7 Å². The van der Waals surface area contributed by atoms with Gasteiger partial charge in [0.25, 0.3) is 10.0 Å². The summed E-state index contributed by atoms with van der Waals surface area (Å²) in [6.07, 6.45) is 0. The molecule has 8 nitrogen and oxygen atoms in total. The smallest absolute Gasteiger partial charge is 0.345 e. The molecule has 0 amide bonds. The van der Waals surface area contributed by atoms with Crippen LogP contribution in [0.4, 0.5) is 11.4 Å². The van der Waals surface area contributed by atoms with E-state index in [4.69, 9.17) is 4.74 Å². The summed E-state index contributed by atoms with van der Waals surface area (Å²) in [7, 11) is -2.47. The summed E-state index contributed by atoms with van der Waals surface area (Å²) in [6.45, 7) is -0.00550. The van der Waals surface area contributed by atoms with E-state index in [1.807, 2.05) is 0 Å². The molecular weight excluding hydrogens is 416 g/mol. The molecule has 1 aromatic heterocycles. The van der Waals surface area contributed by atoms with Gasteiger partial charge in [0.15, 0.2) is 0 Å². The van der Waals surface area contributed by atoms with Crippen molar-refractivity contribution in [3.05, 3.63) is 63.9 Å². The number of benzene rings is 2. The number of nitrogens with zero attached hydrogens (tertiary/aromatic N) is 2. The first-order chi connectivity index (χ1) is 13.8. The normalized spacial score (nSPS) is 12.8. The number of hydrogen-bond acceptors (Lipinski definition) is 7. The Labute approximate surface area is 170 Å². The Bertz CT molecular complexity index is 1230. The van der Waals surface area contributed by atoms with Crippen LogP contribution in [0.25, 0.3) is 10.4 Å². The summed E-state index contributed by atoms with van der Waals surface area (Å²) in [5, 5.41) is 12.1. The minimum Gasteiger partial charge on any atom is -0.497 e. The van der Waals surface area contributed by atoms with Crippen molar-refractivity contribution in [2.24, 2.45) is 5.18 Å². The number of rotatable bonds is 5. The van der Waals surface area contributed by atoms with Gasteiger partial charge in [-0.3, -0.25) is 4.31 Å². The van der Waals surface area contributed by atoms with E-state index in [0.29, 0.717) is 27.4 Å². The maximum atomic E-state index is 13.3. The van der Waals surface area contributed by atoms with Crippen molar-refractivity contribution in [2.45, 2.75) is 11.4 Å². The molecule has 0 saturated heterocycles. The fraction of sp³-hybridized carbons (Fsp3) is 0.105. The zero-order valence-corrected chi connectivity index (χ0v) is 16.7. The average Bonchev–Trinajstić information content (AvgIpc) is 3.17. The molecule has 148 valence electrons. The van der Waals surface area contributed by atoms with Gasteiger partial charge in [0.05, 0.1) is 24.2 Å². The summed E-state index contributed by atoms with van der Waals surface area (Å²) < 4.78 is 33.1. The fourth-order valence-corrected chi connectivity index (χ4v) is 5.68. The SMILES string of the molecule is COc1ccc2c(c1)-c1sc(C(=O)O)cc1CN2S(=O)(=O)c1ccc(N=O)cc1. The Hall–Kier alpha value is -3.24. The molecular formula is C19H14N2O6S2. The largest absolute Gasteiger partial charge is 0.497 e. The van der Waals surface area contributed by atoms with Crippen LogP contribution in [0, 0.1) is 4.91 Å². The van der Waals surface area contributed by atoms with E-state index in [0.717, 1.165) is 11.3 Å². The number of methoxy groups -OCH3 is 1. The minimum atomic E-state index is -3.97. The molecule has 2 heterocycles. The number of carboxylic acids is 1. The lowest BCUT2D eigenvalue weighted by Crippen LogP contribution is -2.32. The first-order valence-corrected chi connectivity index (χ1v) is 10.6. The van der Waals surface area contributed by atoms with E-state index < -0.39 is 16.0 Å². The molecule has 1 aliphatic rings. The van der Waals surface area contributed by atoms with Crippen molar-refractivity contribution < 1.29 is 23.1 Å². The number of nitroso groups, excluding NO2 is 1. The maximum absolute atomic E-state index is 13.3. The highest BCUT2D eigenvalue weighted by Gasteiger charge is 2.34. The monoisotopic (exact) mass is 430 g/mol. The van der Waals surface area contributed by atoms with E-state index in [2.05, 4.69) is 5.18 Å². The third-order valence-corrected chi connectivity index (χ3v) is 7.55. The van der Waals surface area contributed by atoms with Gasteiger partial charge in [0.2, 0.25) is 0 Å². The first kappa shape index (κ1) is 19.1. The molecule has 29 heavy (non-hydrogen) atoms. The number of carboxylic acid groups (broad SMARTS) is 1. The molecule has 0 atom stereocenters. The molecule has 1 N–H and O–H groups in total. The van der Waals surface area contributed by atoms with E-state index >= 15 is 0 Å². The Morgan fingerprint density at radius 3 is 2.52 bits per heavy atom. The molecule has 0 spiro atoms. The predicted octanol–water partition coefficient (Wildman–Crippen LogP) is 4.23. The lowest BCUT2D eigenvalue weighted by molar-refractivity contribution is 0.0702. The van der Waals surface area contributed by atoms with E-state index in [9.17, 15) is 23.2 Å². The van der Waals surface area contributed by atoms with Crippen LogP contribution in [0.1, 0.15) is 15.2 Å². The number of ether oxygens (including phenoxy) is 1. The van der Waals surface area contributed by atoms with Crippen LogP contribution in [-0.2, 0) is 16.6 Å². The molecule has 10 heteroatoms. The molecule has 0 saturated carbocycles. The van der Waals surface area contributed by atoms with Crippen LogP contribution in [-0.4, -0.2) is 26.6 Å². The molecule has 2 aromatic carbocycles. The highest BCUT2D eigenvalue weighted by molar-refractivity contribution is 7.92. The summed E-state index contributed by atoms with van der Waals surface area (Å²) in [5.41, 5.74) is 1.73. The van der Waals surface area contributed by atoms with Gasteiger partial charge < -0.3 is 9.84 Å². The van der Waals surface area contributed by atoms with Crippen molar-refractivity contribution in [2.75, 3.05) is 11.4 Å². The number of anilines is 1. The lowest BCUT2D eigenvalue weighted by Gasteiger charge is -2.30. The molecule has 0 radical (unpaired) electrons. The van der Waals surface area contributed by atoms with Gasteiger partial charge >= 0.3 is 5.97 Å². The minimum absolute atomic E-state index is 0.00352. The van der Waals surface area contributed by atoms with Gasteiger partial charge in [-0.05, 0) is 59.3 Å². The zero-order chi connectivity index (χ0) is 20.8. The summed E-state index contributed by atoms with van der Waals surface area (Å²) in [5.74, 6) is -0.541. The number of fused-ring (bicyclic) bond motifs is 3. The average molecular weight is 430 g/mol. The topological polar surface area (TPSA) is 113 Å². The van der Waals surface area contributed by atoms with Gasteiger partial charge in [-0.2, -0.15) is 0 Å². The zero-order valence-electron chi connectivity index (χ0n) is 15.0. The Morgan fingerprint density at radius 2 is 1.90 bits per heavy atom. The van der Waals surface area contributed by atoms with Gasteiger partial charge in [-0.15, -0.1) is 16.2 Å². The third kappa shape index (κ3) is 3.15. The van der Waals surface area contributed by atoms with Crippen LogP contribution in [0.2, 0.25) is 0 Å². The molecule has 0 bridgehead atoms. The Balaban J connectivity index is 1.89. The quantitative estimate of drug-likeness (QED) is 0.606. The molecule has 4 rings (SSSR count). The van der Waals surface area contributed by atoms with Crippen LogP contribution in [0.3, 0.4) is 0 Å². The lowest BCUT2D eigenvalue weighted by atomic mass is 10.0. The highest BCUT2D eigenvalue weighted by atomic mass is 32.2. The Morgan fingerprint density at radius 1 is 1.17 bits per heavy atom. The standard InChI is InChI=1S/C19H14N2O6S2/c1-27-13-4-7-16-15(9-13)18-11(8-17(28-18)19(22)23)10-21(16)29(25,26)14-5-2-12(20-24)3-6-14/h2-9H,10H2,1H3,(H,22,23). The predicted molar refractivity (Wildman–Crippen MR) is 109 cm³/mol. The maximum Gasteiger partial charge on any atom is 0.345 e. The molecule has 1 aliphatic heterocycles. The van der Waals surface area contributed by atoms with Gasteiger partial charge in [0.1, 0.15) is 16.3 Å². The van der Waals surface area contributed by atoms with E-state index in [1.54, 1.807) is 18.2 Å². The van der Waals surface area contributed by atoms with E-state index in [1.165, 1.54) is 41.7 Å². The van der Waals surface area contributed by atoms with Crippen LogP contribution < -0.4 is 9.04 Å².